The number of fused-ring (bicyclic) bond motifs is 10. The zero-order valence-corrected chi connectivity index (χ0v) is 26.9. The molecule has 7 aromatic carbocycles. The van der Waals surface area contributed by atoms with Crippen molar-refractivity contribution in [3.63, 3.8) is 0 Å². The van der Waals surface area contributed by atoms with E-state index < -0.39 is 0 Å². The summed E-state index contributed by atoms with van der Waals surface area (Å²) in [6.45, 7) is 16.0. The monoisotopic (exact) mass is 649 g/mol. The van der Waals surface area contributed by atoms with Crippen molar-refractivity contribution in [2.75, 3.05) is 0 Å². The fourth-order valence-corrected chi connectivity index (χ4v) is 7.91. The molecular weight excluding hydrogens is 627 g/mol. The van der Waals surface area contributed by atoms with Gasteiger partial charge in [0.05, 0.1) is 57.5 Å². The summed E-state index contributed by atoms with van der Waals surface area (Å²) in [6.07, 6.45) is 0. The van der Waals surface area contributed by atoms with Crippen molar-refractivity contribution in [3.05, 3.63) is 168 Å². The zero-order chi connectivity index (χ0) is 34.2. The second-order valence-corrected chi connectivity index (χ2v) is 12.6. The molecule has 51 heavy (non-hydrogen) atoms. The van der Waals surface area contributed by atoms with Crippen LogP contribution in [0.2, 0.25) is 0 Å². The molecule has 3 heterocycles. The Bertz CT molecular complexity index is 3240. The lowest BCUT2D eigenvalue weighted by Crippen LogP contribution is -2.03. The van der Waals surface area contributed by atoms with Crippen molar-refractivity contribution < 1.29 is 4.42 Å². The first-order valence-corrected chi connectivity index (χ1v) is 16.5. The van der Waals surface area contributed by atoms with Crippen LogP contribution < -0.4 is 0 Å². The van der Waals surface area contributed by atoms with Gasteiger partial charge in [-0.3, -0.25) is 0 Å². The molecule has 0 aliphatic carbocycles. The first-order chi connectivity index (χ1) is 25.2. The Labute approximate surface area is 291 Å². The number of nitriles is 1. The summed E-state index contributed by atoms with van der Waals surface area (Å²) in [5, 5.41) is 16.7. The minimum absolute atomic E-state index is 0.476. The molecule has 0 bridgehead atoms. The second kappa shape index (κ2) is 10.7. The van der Waals surface area contributed by atoms with E-state index in [0.29, 0.717) is 22.6 Å². The number of para-hydroxylation sites is 5. The van der Waals surface area contributed by atoms with Crippen molar-refractivity contribution in [2.24, 2.45) is 0 Å². The van der Waals surface area contributed by atoms with E-state index in [1.807, 2.05) is 97.1 Å². The van der Waals surface area contributed by atoms with Crippen LogP contribution in [0.4, 0.5) is 11.4 Å². The Hall–Kier alpha value is -7.59. The Kier molecular flexibility index (Phi) is 5.97. The molecule has 0 saturated heterocycles. The van der Waals surface area contributed by atoms with Crippen LogP contribution in [0.25, 0.3) is 97.7 Å². The van der Waals surface area contributed by atoms with Gasteiger partial charge in [-0.05, 0) is 59.5 Å². The maximum Gasteiger partial charge on any atom is 0.211 e. The average Bonchev–Trinajstić information content (AvgIpc) is 3.84. The molecule has 0 radical (unpaired) electrons. The van der Waals surface area contributed by atoms with Gasteiger partial charge in [-0.2, -0.15) is 5.26 Å². The molecule has 0 fully saturated rings. The van der Waals surface area contributed by atoms with Crippen LogP contribution in [0.3, 0.4) is 0 Å². The number of rotatable bonds is 3. The van der Waals surface area contributed by atoms with Crippen LogP contribution >= 0.6 is 0 Å². The van der Waals surface area contributed by atoms with E-state index >= 15 is 0 Å². The van der Waals surface area contributed by atoms with E-state index in [9.17, 15) is 5.26 Å². The molecule has 0 atom stereocenters. The number of hydrogen-bond donors (Lipinski definition) is 0. The normalized spacial score (nSPS) is 11.5. The molecule has 0 spiro atoms. The third-order valence-electron chi connectivity index (χ3n) is 9.99. The molecule has 0 unspecified atom stereocenters. The van der Waals surface area contributed by atoms with Crippen molar-refractivity contribution >= 4 is 76.9 Å². The van der Waals surface area contributed by atoms with Crippen LogP contribution in [0.15, 0.2) is 144 Å². The second-order valence-electron chi connectivity index (χ2n) is 12.6. The van der Waals surface area contributed by atoms with Crippen molar-refractivity contribution in [3.8, 4) is 28.6 Å². The average molecular weight is 650 g/mol. The van der Waals surface area contributed by atoms with Crippen LogP contribution in [0, 0.1) is 24.5 Å². The summed E-state index contributed by atoms with van der Waals surface area (Å²) in [6, 6.07) is 48.4. The third kappa shape index (κ3) is 3.89. The Morgan fingerprint density at radius 2 is 1.18 bits per heavy atom. The molecule has 6 heteroatoms. The van der Waals surface area contributed by atoms with Gasteiger partial charge in [0.1, 0.15) is 17.2 Å². The maximum absolute atomic E-state index is 10.7. The lowest BCUT2D eigenvalue weighted by Gasteiger charge is -2.20. The Balaban J connectivity index is 1.35. The smallest absolute Gasteiger partial charge is 0.211 e. The highest BCUT2D eigenvalue weighted by Gasteiger charge is 2.25. The fraction of sp³-hybridized carbons (Fsp3) is 0. The summed E-state index contributed by atoms with van der Waals surface area (Å²) >= 11 is 0. The summed E-state index contributed by atoms with van der Waals surface area (Å²) in [5.41, 5.74) is 9.89. The molecule has 0 amide bonds. The number of nitrogens with zero attached hydrogens (tertiary/aromatic N) is 5. The number of aromatic nitrogens is 2. The van der Waals surface area contributed by atoms with Crippen molar-refractivity contribution in [1.29, 1.82) is 5.26 Å². The number of furan rings is 1. The predicted molar refractivity (Wildman–Crippen MR) is 205 cm³/mol. The SMILES string of the molecule is [C-]#[N+]c1ccc2c(c1)c1ccccc1n2-c1c([N+]#[C-])cccc1-c1cccc(C#N)c1-n1c2ccccc2c2c3oc4ccccc4c3ccc21. The molecular formula is C45H23N5O. The number of hydrogen-bond acceptors (Lipinski definition) is 2. The molecule has 10 aromatic rings. The van der Waals surface area contributed by atoms with E-state index in [-0.39, 0.29) is 0 Å². The number of benzene rings is 7. The van der Waals surface area contributed by atoms with Gasteiger partial charge in [-0.1, -0.05) is 91.0 Å². The highest BCUT2D eigenvalue weighted by molar-refractivity contribution is 6.24. The molecule has 234 valence electrons. The predicted octanol–water partition coefficient (Wildman–Crippen LogP) is 12.4. The quantitative estimate of drug-likeness (QED) is 0.179. The van der Waals surface area contributed by atoms with E-state index in [4.69, 9.17) is 17.6 Å². The van der Waals surface area contributed by atoms with Gasteiger partial charge in [0, 0.05) is 27.1 Å². The van der Waals surface area contributed by atoms with Gasteiger partial charge in [0.15, 0.2) is 5.69 Å². The minimum Gasteiger partial charge on any atom is -0.455 e. The third-order valence-corrected chi connectivity index (χ3v) is 9.99. The maximum atomic E-state index is 10.7. The van der Waals surface area contributed by atoms with Crippen molar-refractivity contribution in [2.45, 2.75) is 0 Å². The molecule has 0 saturated carbocycles. The lowest BCUT2D eigenvalue weighted by atomic mass is 9.97. The molecule has 0 aliphatic heterocycles. The molecule has 10 rings (SSSR count). The Morgan fingerprint density at radius 1 is 0.529 bits per heavy atom. The zero-order valence-electron chi connectivity index (χ0n) is 26.9. The molecule has 0 aliphatic rings. The lowest BCUT2D eigenvalue weighted by molar-refractivity contribution is 0.673. The first kappa shape index (κ1) is 28.4. The van der Waals surface area contributed by atoms with E-state index in [1.165, 1.54) is 0 Å². The van der Waals surface area contributed by atoms with Gasteiger partial charge >= 0.3 is 0 Å². The van der Waals surface area contributed by atoms with Crippen LogP contribution in [0.5, 0.6) is 0 Å². The van der Waals surface area contributed by atoms with Crippen LogP contribution in [-0.2, 0) is 0 Å². The van der Waals surface area contributed by atoms with E-state index in [1.54, 1.807) is 0 Å². The topological polar surface area (TPSA) is 55.5 Å². The standard InChI is InChI=1S/C45H23N5O/c1-47-28-21-23-39-35(25-28)29-12-3-6-18-37(29)49(39)44-32(16-10-17-36(44)48-2)31-15-9-11-27(26-46)43(31)50-38-19-7-4-14-34(38)42-40(50)24-22-33-30-13-5-8-20-41(30)51-45(33)42/h3-25H. The highest BCUT2D eigenvalue weighted by atomic mass is 16.3. The first-order valence-electron chi connectivity index (χ1n) is 16.5. The van der Waals surface area contributed by atoms with Gasteiger partial charge in [0.25, 0.3) is 0 Å². The van der Waals surface area contributed by atoms with E-state index in [0.717, 1.165) is 82.4 Å². The summed E-state index contributed by atoms with van der Waals surface area (Å²) in [4.78, 5) is 7.75. The summed E-state index contributed by atoms with van der Waals surface area (Å²) < 4.78 is 10.9. The van der Waals surface area contributed by atoms with Gasteiger partial charge < -0.3 is 13.6 Å². The minimum atomic E-state index is 0.476. The van der Waals surface area contributed by atoms with Crippen LogP contribution in [0.1, 0.15) is 5.56 Å². The van der Waals surface area contributed by atoms with Crippen LogP contribution in [-0.4, -0.2) is 9.13 Å². The van der Waals surface area contributed by atoms with Gasteiger partial charge in [0.2, 0.25) is 5.69 Å². The van der Waals surface area contributed by atoms with E-state index in [2.05, 4.69) is 67.4 Å². The molecule has 6 nitrogen and oxygen atoms in total. The Morgan fingerprint density at radius 3 is 1.96 bits per heavy atom. The summed E-state index contributed by atoms with van der Waals surface area (Å²) in [5.74, 6) is 0. The van der Waals surface area contributed by atoms with Gasteiger partial charge in [-0.25, -0.2) is 9.69 Å². The van der Waals surface area contributed by atoms with Crippen molar-refractivity contribution in [1.82, 2.24) is 9.13 Å². The molecule has 3 aromatic heterocycles. The van der Waals surface area contributed by atoms with Gasteiger partial charge in [-0.15, -0.1) is 0 Å². The molecule has 0 N–H and O–H groups in total. The summed E-state index contributed by atoms with van der Waals surface area (Å²) in [7, 11) is 0. The highest BCUT2D eigenvalue weighted by Crippen LogP contribution is 2.46. The largest absolute Gasteiger partial charge is 0.455 e. The fourth-order valence-electron chi connectivity index (χ4n) is 7.91.